The van der Waals surface area contributed by atoms with Crippen molar-refractivity contribution in [2.75, 3.05) is 19.7 Å². The van der Waals surface area contributed by atoms with Gasteiger partial charge in [0.15, 0.2) is 0 Å². The SMILES string of the molecule is CC(C)[C@H]1CN(C(=O)OC(C)(C)C)C[C@@H](CO)O1. The molecule has 0 radical (unpaired) electrons. The van der Waals surface area contributed by atoms with Gasteiger partial charge < -0.3 is 19.5 Å². The molecule has 0 saturated carbocycles. The van der Waals surface area contributed by atoms with Crippen LogP contribution in [0.1, 0.15) is 34.6 Å². The Balaban J connectivity index is 2.66. The van der Waals surface area contributed by atoms with Crippen LogP contribution in [0.15, 0.2) is 0 Å². The maximum Gasteiger partial charge on any atom is 0.410 e. The van der Waals surface area contributed by atoms with Gasteiger partial charge >= 0.3 is 6.09 Å². The van der Waals surface area contributed by atoms with Crippen molar-refractivity contribution in [2.24, 2.45) is 5.92 Å². The third-order valence-corrected chi connectivity index (χ3v) is 2.79. The first-order chi connectivity index (χ1) is 8.23. The molecule has 0 aromatic carbocycles. The highest BCUT2D eigenvalue weighted by molar-refractivity contribution is 5.68. The molecule has 1 heterocycles. The molecule has 1 aliphatic heterocycles. The molecule has 106 valence electrons. The van der Waals surface area contributed by atoms with Crippen molar-refractivity contribution in [3.8, 4) is 0 Å². The Kier molecular flexibility index (Phi) is 4.99. The van der Waals surface area contributed by atoms with E-state index in [0.29, 0.717) is 19.0 Å². The molecule has 5 heteroatoms. The van der Waals surface area contributed by atoms with Crippen molar-refractivity contribution in [1.29, 1.82) is 0 Å². The predicted molar refractivity (Wildman–Crippen MR) is 68.4 cm³/mol. The molecule has 1 fully saturated rings. The topological polar surface area (TPSA) is 59.0 Å². The van der Waals surface area contributed by atoms with Crippen LogP contribution in [0.25, 0.3) is 0 Å². The van der Waals surface area contributed by atoms with Crippen molar-refractivity contribution in [1.82, 2.24) is 4.90 Å². The molecular formula is C13H25NO4. The lowest BCUT2D eigenvalue weighted by Gasteiger charge is -2.39. The second kappa shape index (κ2) is 5.89. The quantitative estimate of drug-likeness (QED) is 0.819. The van der Waals surface area contributed by atoms with Gasteiger partial charge in [-0.15, -0.1) is 0 Å². The average Bonchev–Trinajstić information content (AvgIpc) is 2.26. The monoisotopic (exact) mass is 259 g/mol. The summed E-state index contributed by atoms with van der Waals surface area (Å²) in [6.07, 6.45) is -0.711. The summed E-state index contributed by atoms with van der Waals surface area (Å²) in [5.74, 6) is 0.296. The number of amides is 1. The molecule has 1 saturated heterocycles. The molecule has 0 spiro atoms. The standard InChI is InChI=1S/C13H25NO4/c1-9(2)11-7-14(6-10(8-15)17-11)12(16)18-13(3,4)5/h9-11,15H,6-8H2,1-5H3/t10-,11+/m0/s1. The van der Waals surface area contributed by atoms with Crippen molar-refractivity contribution in [3.63, 3.8) is 0 Å². The molecule has 1 amide bonds. The summed E-state index contributed by atoms with van der Waals surface area (Å²) in [4.78, 5) is 13.6. The zero-order valence-corrected chi connectivity index (χ0v) is 12.0. The molecule has 0 aromatic rings. The van der Waals surface area contributed by atoms with Crippen LogP contribution in [0.3, 0.4) is 0 Å². The van der Waals surface area contributed by atoms with Gasteiger partial charge in [-0.05, 0) is 26.7 Å². The number of carbonyl (C=O) groups excluding carboxylic acids is 1. The second-order valence-corrected chi connectivity index (χ2v) is 6.11. The van der Waals surface area contributed by atoms with Crippen LogP contribution in [0.5, 0.6) is 0 Å². The largest absolute Gasteiger partial charge is 0.444 e. The Labute approximate surface area is 109 Å². The zero-order valence-electron chi connectivity index (χ0n) is 12.0. The highest BCUT2D eigenvalue weighted by atomic mass is 16.6. The molecule has 0 aliphatic carbocycles. The van der Waals surface area contributed by atoms with Gasteiger partial charge in [-0.25, -0.2) is 4.79 Å². The molecular weight excluding hydrogens is 234 g/mol. The third-order valence-electron chi connectivity index (χ3n) is 2.79. The van der Waals surface area contributed by atoms with E-state index in [2.05, 4.69) is 0 Å². The minimum absolute atomic E-state index is 0.0524. The summed E-state index contributed by atoms with van der Waals surface area (Å²) in [5.41, 5.74) is -0.503. The van der Waals surface area contributed by atoms with E-state index in [1.807, 2.05) is 34.6 Å². The van der Waals surface area contributed by atoms with E-state index in [9.17, 15) is 9.90 Å². The highest BCUT2D eigenvalue weighted by Gasteiger charge is 2.33. The summed E-state index contributed by atoms with van der Waals surface area (Å²) in [6, 6.07) is 0. The number of hydrogen-bond donors (Lipinski definition) is 1. The predicted octanol–water partition coefficient (Wildman–Crippen LogP) is 1.64. The Hall–Kier alpha value is -0.810. The maximum absolute atomic E-state index is 12.0. The van der Waals surface area contributed by atoms with Gasteiger partial charge in [0.25, 0.3) is 0 Å². The van der Waals surface area contributed by atoms with E-state index in [4.69, 9.17) is 9.47 Å². The van der Waals surface area contributed by atoms with Gasteiger partial charge in [0, 0.05) is 0 Å². The van der Waals surface area contributed by atoms with Crippen molar-refractivity contribution >= 4 is 6.09 Å². The second-order valence-electron chi connectivity index (χ2n) is 6.11. The Morgan fingerprint density at radius 1 is 1.44 bits per heavy atom. The van der Waals surface area contributed by atoms with E-state index in [-0.39, 0.29) is 24.9 Å². The lowest BCUT2D eigenvalue weighted by molar-refractivity contribution is -0.117. The number of ether oxygens (including phenoxy) is 2. The summed E-state index contributed by atoms with van der Waals surface area (Å²) in [5, 5.41) is 9.22. The van der Waals surface area contributed by atoms with Crippen LogP contribution in [0.2, 0.25) is 0 Å². The van der Waals surface area contributed by atoms with E-state index in [1.54, 1.807) is 4.90 Å². The number of aliphatic hydroxyl groups excluding tert-OH is 1. The van der Waals surface area contributed by atoms with Gasteiger partial charge in [0.1, 0.15) is 5.60 Å². The average molecular weight is 259 g/mol. The molecule has 1 rings (SSSR count). The van der Waals surface area contributed by atoms with Crippen LogP contribution in [0.4, 0.5) is 4.79 Å². The van der Waals surface area contributed by atoms with Crippen LogP contribution < -0.4 is 0 Å². The first-order valence-electron chi connectivity index (χ1n) is 6.47. The number of carbonyl (C=O) groups is 1. The zero-order chi connectivity index (χ0) is 13.9. The molecule has 5 nitrogen and oxygen atoms in total. The molecule has 18 heavy (non-hydrogen) atoms. The molecule has 0 unspecified atom stereocenters. The number of morpholine rings is 1. The van der Waals surface area contributed by atoms with Crippen LogP contribution >= 0.6 is 0 Å². The lowest BCUT2D eigenvalue weighted by Crippen LogP contribution is -2.53. The van der Waals surface area contributed by atoms with E-state index < -0.39 is 5.60 Å². The minimum Gasteiger partial charge on any atom is -0.444 e. The summed E-state index contributed by atoms with van der Waals surface area (Å²) >= 11 is 0. The third kappa shape index (κ3) is 4.46. The Morgan fingerprint density at radius 2 is 2.06 bits per heavy atom. The van der Waals surface area contributed by atoms with Crippen LogP contribution in [-0.2, 0) is 9.47 Å². The van der Waals surface area contributed by atoms with Gasteiger partial charge in [-0.3, -0.25) is 0 Å². The first kappa shape index (κ1) is 15.2. The summed E-state index contributed by atoms with van der Waals surface area (Å²) < 4.78 is 11.1. The molecule has 0 bridgehead atoms. The Bertz CT molecular complexity index is 285. The van der Waals surface area contributed by atoms with Crippen molar-refractivity contribution in [2.45, 2.75) is 52.4 Å². The lowest BCUT2D eigenvalue weighted by atomic mass is 10.0. The smallest absolute Gasteiger partial charge is 0.410 e. The fraction of sp³-hybridized carbons (Fsp3) is 0.923. The fourth-order valence-corrected chi connectivity index (χ4v) is 1.82. The first-order valence-corrected chi connectivity index (χ1v) is 6.47. The highest BCUT2D eigenvalue weighted by Crippen LogP contribution is 2.19. The maximum atomic E-state index is 12.0. The van der Waals surface area contributed by atoms with E-state index >= 15 is 0 Å². The van der Waals surface area contributed by atoms with Gasteiger partial charge in [0.2, 0.25) is 0 Å². The van der Waals surface area contributed by atoms with Gasteiger partial charge in [-0.1, -0.05) is 13.8 Å². The minimum atomic E-state index is -0.503. The number of aliphatic hydroxyl groups is 1. The van der Waals surface area contributed by atoms with Crippen molar-refractivity contribution < 1.29 is 19.4 Å². The summed E-state index contributed by atoms with van der Waals surface area (Å²) in [6.45, 7) is 10.4. The van der Waals surface area contributed by atoms with Crippen molar-refractivity contribution in [3.05, 3.63) is 0 Å². The van der Waals surface area contributed by atoms with Crippen LogP contribution in [0, 0.1) is 5.92 Å². The normalized spacial score (nSPS) is 25.4. The number of hydrogen-bond acceptors (Lipinski definition) is 4. The molecule has 1 aliphatic rings. The molecule has 2 atom stereocenters. The molecule has 1 N–H and O–H groups in total. The van der Waals surface area contributed by atoms with Gasteiger partial charge in [-0.2, -0.15) is 0 Å². The number of rotatable bonds is 2. The fourth-order valence-electron chi connectivity index (χ4n) is 1.82. The van der Waals surface area contributed by atoms with E-state index in [1.165, 1.54) is 0 Å². The molecule has 0 aromatic heterocycles. The van der Waals surface area contributed by atoms with E-state index in [0.717, 1.165) is 0 Å². The van der Waals surface area contributed by atoms with Gasteiger partial charge in [0.05, 0.1) is 31.9 Å². The Morgan fingerprint density at radius 3 is 2.50 bits per heavy atom. The van der Waals surface area contributed by atoms with Crippen LogP contribution in [-0.4, -0.2) is 53.6 Å². The number of nitrogens with zero attached hydrogens (tertiary/aromatic N) is 1. The summed E-state index contributed by atoms with van der Waals surface area (Å²) in [7, 11) is 0.